The molecule has 23 heavy (non-hydrogen) atoms. The molecule has 0 aromatic heterocycles. The average Bonchev–Trinajstić information content (AvgIpc) is 2.52. The molecule has 0 spiro atoms. The second-order valence-corrected chi connectivity index (χ2v) is 6.88. The second-order valence-electron chi connectivity index (χ2n) is 6.88. The highest BCUT2D eigenvalue weighted by molar-refractivity contribution is 5.54. The molecular formula is C18H32N4O. The summed E-state index contributed by atoms with van der Waals surface area (Å²) in [7, 11) is 2.18. The largest absolute Gasteiger partial charge is 0.491 e. The smallest absolute Gasteiger partial charge is 0.142 e. The van der Waals surface area contributed by atoms with E-state index in [-0.39, 0.29) is 0 Å². The first-order valence-electron chi connectivity index (χ1n) is 8.73. The van der Waals surface area contributed by atoms with Gasteiger partial charge in [-0.2, -0.15) is 0 Å². The zero-order valence-corrected chi connectivity index (χ0v) is 14.8. The fourth-order valence-electron chi connectivity index (χ4n) is 2.64. The third-order valence-electron chi connectivity index (χ3n) is 4.13. The van der Waals surface area contributed by atoms with E-state index in [0.717, 1.165) is 57.0 Å². The Labute approximate surface area is 140 Å². The van der Waals surface area contributed by atoms with Crippen molar-refractivity contribution in [3.05, 3.63) is 23.8 Å². The molecule has 0 saturated carbocycles. The number of ether oxygens (including phenoxy) is 1. The first-order chi connectivity index (χ1) is 11.0. The predicted molar refractivity (Wildman–Crippen MR) is 96.6 cm³/mol. The lowest BCUT2D eigenvalue weighted by Gasteiger charge is -2.32. The first kappa shape index (κ1) is 18.0. The van der Waals surface area contributed by atoms with Gasteiger partial charge in [0.05, 0.1) is 12.3 Å². The number of piperazine rings is 1. The predicted octanol–water partition coefficient (Wildman–Crippen LogP) is 1.99. The molecular weight excluding hydrogens is 288 g/mol. The normalized spacial score (nSPS) is 16.9. The molecule has 0 aliphatic carbocycles. The molecule has 5 heteroatoms. The summed E-state index contributed by atoms with van der Waals surface area (Å²) in [5, 5.41) is 2.33. The Morgan fingerprint density at radius 2 is 1.96 bits per heavy atom. The molecule has 5 nitrogen and oxygen atoms in total. The number of hydrazine groups is 1. The van der Waals surface area contributed by atoms with Crippen molar-refractivity contribution in [1.29, 1.82) is 0 Å². The van der Waals surface area contributed by atoms with E-state index in [1.165, 1.54) is 5.56 Å². The number of nitrogen functional groups attached to an aromatic ring is 1. The Hall–Kier alpha value is -1.30. The lowest BCUT2D eigenvalue weighted by atomic mass is 10.1. The fourth-order valence-corrected chi connectivity index (χ4v) is 2.64. The first-order valence-corrected chi connectivity index (χ1v) is 8.73. The molecule has 0 amide bonds. The van der Waals surface area contributed by atoms with E-state index >= 15 is 0 Å². The molecule has 0 unspecified atom stereocenters. The number of nitrogens with zero attached hydrogens (tertiary/aromatic N) is 2. The Balaban J connectivity index is 1.68. The summed E-state index contributed by atoms with van der Waals surface area (Å²) in [6.45, 7) is 10.5. The van der Waals surface area contributed by atoms with Crippen molar-refractivity contribution in [2.24, 2.45) is 5.92 Å². The van der Waals surface area contributed by atoms with Crippen molar-refractivity contribution < 1.29 is 4.74 Å². The summed E-state index contributed by atoms with van der Waals surface area (Å²) in [5.74, 6) is 1.31. The minimum Gasteiger partial charge on any atom is -0.491 e. The van der Waals surface area contributed by atoms with Gasteiger partial charge in [-0.3, -0.25) is 5.43 Å². The summed E-state index contributed by atoms with van der Waals surface area (Å²) < 4.78 is 5.72. The van der Waals surface area contributed by atoms with E-state index in [4.69, 9.17) is 10.5 Å². The minimum absolute atomic E-state index is 0.509. The van der Waals surface area contributed by atoms with Gasteiger partial charge in [-0.05, 0) is 43.5 Å². The van der Waals surface area contributed by atoms with Crippen LogP contribution in [0.5, 0.6) is 5.75 Å². The Morgan fingerprint density at radius 3 is 2.61 bits per heavy atom. The lowest BCUT2D eigenvalue weighted by molar-refractivity contribution is 0.104. The summed E-state index contributed by atoms with van der Waals surface area (Å²) in [4.78, 5) is 2.36. The summed E-state index contributed by atoms with van der Waals surface area (Å²) in [6, 6.07) is 6.17. The molecule has 1 saturated heterocycles. The van der Waals surface area contributed by atoms with Gasteiger partial charge >= 0.3 is 0 Å². The molecule has 1 heterocycles. The van der Waals surface area contributed by atoms with Gasteiger partial charge in [0.25, 0.3) is 0 Å². The van der Waals surface area contributed by atoms with Crippen LogP contribution in [0.15, 0.2) is 18.2 Å². The van der Waals surface area contributed by atoms with Crippen LogP contribution >= 0.6 is 0 Å². The van der Waals surface area contributed by atoms with Gasteiger partial charge in [-0.1, -0.05) is 19.9 Å². The fraction of sp³-hybridized carbons (Fsp3) is 0.667. The van der Waals surface area contributed by atoms with E-state index < -0.39 is 0 Å². The quantitative estimate of drug-likeness (QED) is 0.567. The molecule has 0 bridgehead atoms. The zero-order valence-electron chi connectivity index (χ0n) is 14.8. The van der Waals surface area contributed by atoms with Crippen LogP contribution in [0.25, 0.3) is 0 Å². The van der Waals surface area contributed by atoms with Crippen LogP contribution < -0.4 is 15.9 Å². The topological polar surface area (TPSA) is 53.8 Å². The van der Waals surface area contributed by atoms with Crippen molar-refractivity contribution >= 4 is 5.69 Å². The summed E-state index contributed by atoms with van der Waals surface area (Å²) in [6.07, 6.45) is 2.15. The number of benzene rings is 1. The van der Waals surface area contributed by atoms with Gasteiger partial charge in [0.15, 0.2) is 0 Å². The molecule has 0 atom stereocenters. The van der Waals surface area contributed by atoms with Crippen LogP contribution in [0.4, 0.5) is 5.69 Å². The maximum atomic E-state index is 6.09. The average molecular weight is 320 g/mol. The van der Waals surface area contributed by atoms with Crippen molar-refractivity contribution in [3.63, 3.8) is 0 Å². The minimum atomic E-state index is 0.509. The number of hydrogen-bond donors (Lipinski definition) is 2. The van der Waals surface area contributed by atoms with Gasteiger partial charge in [-0.25, -0.2) is 5.01 Å². The monoisotopic (exact) mass is 320 g/mol. The van der Waals surface area contributed by atoms with Crippen molar-refractivity contribution in [1.82, 2.24) is 15.3 Å². The van der Waals surface area contributed by atoms with Crippen LogP contribution in [0.3, 0.4) is 0 Å². The maximum Gasteiger partial charge on any atom is 0.142 e. The molecule has 0 radical (unpaired) electrons. The number of nitrogens with one attached hydrogen (secondary N) is 1. The highest BCUT2D eigenvalue weighted by Gasteiger charge is 2.12. The van der Waals surface area contributed by atoms with Gasteiger partial charge < -0.3 is 15.4 Å². The van der Waals surface area contributed by atoms with Crippen LogP contribution in [0, 0.1) is 5.92 Å². The summed E-state index contributed by atoms with van der Waals surface area (Å²) >= 11 is 0. The standard InChI is InChI=1S/C18H32N4O/c1-15(2)14-23-18-7-6-16(13-17(18)19)5-4-8-20-22-11-9-21(3)10-12-22/h6-7,13,15,20H,4-5,8-12,14,19H2,1-3H3. The van der Waals surface area contributed by atoms with E-state index in [2.05, 4.69) is 42.3 Å². The number of rotatable bonds is 8. The highest BCUT2D eigenvalue weighted by Crippen LogP contribution is 2.23. The van der Waals surface area contributed by atoms with Gasteiger partial charge in [0.2, 0.25) is 0 Å². The highest BCUT2D eigenvalue weighted by atomic mass is 16.5. The van der Waals surface area contributed by atoms with Crippen molar-refractivity contribution in [2.75, 3.05) is 52.1 Å². The molecule has 2 rings (SSSR count). The lowest BCUT2D eigenvalue weighted by Crippen LogP contribution is -2.50. The molecule has 1 aromatic rings. The molecule has 1 aromatic carbocycles. The Bertz CT molecular complexity index is 470. The SMILES string of the molecule is CC(C)COc1ccc(CCCNN2CCN(C)CC2)cc1N. The van der Waals surface area contributed by atoms with Gasteiger partial charge in [-0.15, -0.1) is 0 Å². The van der Waals surface area contributed by atoms with E-state index in [1.54, 1.807) is 0 Å². The maximum absolute atomic E-state index is 6.09. The Morgan fingerprint density at radius 1 is 1.22 bits per heavy atom. The molecule has 1 aliphatic heterocycles. The van der Waals surface area contributed by atoms with Crippen LogP contribution in [-0.4, -0.2) is 56.3 Å². The molecule has 1 aliphatic rings. The number of aryl methyl sites for hydroxylation is 1. The number of hydrogen-bond acceptors (Lipinski definition) is 5. The van der Waals surface area contributed by atoms with E-state index in [0.29, 0.717) is 12.5 Å². The van der Waals surface area contributed by atoms with Crippen LogP contribution in [0.2, 0.25) is 0 Å². The van der Waals surface area contributed by atoms with Crippen molar-refractivity contribution in [2.45, 2.75) is 26.7 Å². The van der Waals surface area contributed by atoms with E-state index in [9.17, 15) is 0 Å². The molecule has 1 fully saturated rings. The van der Waals surface area contributed by atoms with Crippen LogP contribution in [0.1, 0.15) is 25.8 Å². The zero-order chi connectivity index (χ0) is 16.7. The molecule has 130 valence electrons. The molecule has 3 N–H and O–H groups in total. The van der Waals surface area contributed by atoms with Crippen molar-refractivity contribution in [3.8, 4) is 5.75 Å². The Kier molecular flexibility index (Phi) is 7.15. The number of anilines is 1. The third-order valence-corrected chi connectivity index (χ3v) is 4.13. The van der Waals surface area contributed by atoms with Crippen LogP contribution in [-0.2, 0) is 6.42 Å². The van der Waals surface area contributed by atoms with E-state index in [1.807, 2.05) is 12.1 Å². The van der Waals surface area contributed by atoms with Gasteiger partial charge in [0.1, 0.15) is 5.75 Å². The second kappa shape index (κ2) is 9.11. The number of likely N-dealkylation sites (N-methyl/N-ethyl adjacent to an activating group) is 1. The summed E-state index contributed by atoms with van der Waals surface area (Å²) in [5.41, 5.74) is 11.6. The third kappa shape index (κ3) is 6.37. The van der Waals surface area contributed by atoms with Gasteiger partial charge in [0, 0.05) is 32.7 Å². The number of nitrogens with two attached hydrogens (primary N) is 1.